The third kappa shape index (κ3) is 4.70. The number of thioether (sulfide) groups is 1. The predicted molar refractivity (Wildman–Crippen MR) is 94.3 cm³/mol. The summed E-state index contributed by atoms with van der Waals surface area (Å²) in [6.45, 7) is 3.41. The highest BCUT2D eigenvalue weighted by molar-refractivity contribution is 8.13. The lowest BCUT2D eigenvalue weighted by molar-refractivity contribution is -0.138. The van der Waals surface area contributed by atoms with Gasteiger partial charge in [-0.1, -0.05) is 73.3 Å². The normalized spacial score (nSPS) is 13.3. The second-order valence-corrected chi connectivity index (χ2v) is 6.88. The van der Waals surface area contributed by atoms with Crippen LogP contribution < -0.4 is 0 Å². The number of aliphatic carboxylic acids is 1. The first-order valence-corrected chi connectivity index (χ1v) is 8.40. The Morgan fingerprint density at radius 3 is 2.26 bits per heavy atom. The van der Waals surface area contributed by atoms with Crippen LogP contribution in [0.1, 0.15) is 31.1 Å². The van der Waals surface area contributed by atoms with Gasteiger partial charge in [-0.05, 0) is 22.6 Å². The van der Waals surface area contributed by atoms with E-state index in [0.717, 1.165) is 16.7 Å². The summed E-state index contributed by atoms with van der Waals surface area (Å²) < 4.78 is 0. The fourth-order valence-electron chi connectivity index (χ4n) is 2.67. The van der Waals surface area contributed by atoms with E-state index >= 15 is 0 Å². The largest absolute Gasteiger partial charge is 0.481 e. The number of carbonyl (C=O) groups excluding carboxylic acids is 1. The number of hydrogen-bond donors (Lipinski definition) is 1. The molecule has 2 aromatic carbocycles. The molecule has 0 aliphatic carbocycles. The number of carboxylic acid groups (broad SMARTS) is 1. The molecule has 0 saturated heterocycles. The van der Waals surface area contributed by atoms with Gasteiger partial charge in [0.1, 0.15) is 0 Å². The summed E-state index contributed by atoms with van der Waals surface area (Å²) in [7, 11) is 0. The number of carboxylic acids is 1. The van der Waals surface area contributed by atoms with Gasteiger partial charge in [-0.2, -0.15) is 0 Å². The van der Waals surface area contributed by atoms with Gasteiger partial charge in [0, 0.05) is 18.6 Å². The monoisotopic (exact) mass is 328 g/mol. The average molecular weight is 328 g/mol. The van der Waals surface area contributed by atoms with Crippen LogP contribution in [0.4, 0.5) is 0 Å². The molecule has 0 radical (unpaired) electrons. The first kappa shape index (κ1) is 17.3. The van der Waals surface area contributed by atoms with Crippen molar-refractivity contribution in [1.29, 1.82) is 0 Å². The Kier molecular flexibility index (Phi) is 5.99. The lowest BCUT2D eigenvalue weighted by Crippen LogP contribution is -2.13. The van der Waals surface area contributed by atoms with Crippen molar-refractivity contribution < 1.29 is 14.7 Å². The van der Waals surface area contributed by atoms with Crippen molar-refractivity contribution >= 4 is 22.8 Å². The molecule has 1 N–H and O–H groups in total. The molecule has 3 nitrogen and oxygen atoms in total. The van der Waals surface area contributed by atoms with E-state index < -0.39 is 5.97 Å². The van der Waals surface area contributed by atoms with Gasteiger partial charge in [0.05, 0.1) is 0 Å². The number of carbonyl (C=O) groups is 2. The summed E-state index contributed by atoms with van der Waals surface area (Å²) in [5.74, 6) is -0.991. The van der Waals surface area contributed by atoms with E-state index in [-0.39, 0.29) is 22.7 Å². The molecule has 0 spiro atoms. The molecule has 0 aromatic heterocycles. The zero-order chi connectivity index (χ0) is 16.8. The minimum atomic E-state index is -0.844. The second-order valence-electron chi connectivity index (χ2n) is 5.56. The quantitative estimate of drug-likeness (QED) is 0.828. The zero-order valence-corrected chi connectivity index (χ0v) is 14.0. The molecular weight excluding hydrogens is 308 g/mol. The van der Waals surface area contributed by atoms with E-state index in [0.29, 0.717) is 0 Å². The van der Waals surface area contributed by atoms with E-state index in [1.807, 2.05) is 61.5 Å². The van der Waals surface area contributed by atoms with Crippen LogP contribution in [0.15, 0.2) is 54.6 Å². The lowest BCUT2D eigenvalue weighted by Gasteiger charge is -2.24. The van der Waals surface area contributed by atoms with Crippen molar-refractivity contribution in [3.8, 4) is 11.1 Å². The fraction of sp³-hybridized carbons (Fsp3) is 0.263. The first-order valence-electron chi connectivity index (χ1n) is 7.52. The molecule has 0 heterocycles. The standard InChI is InChI=1S/C19H20O3S/c1-13(12-18(21)22)19(23-14(2)20)17-11-7-6-10-16(17)15-8-4-3-5-9-15/h3-11,13,19H,12H2,1-2H3,(H,21,22). The Hall–Kier alpha value is -2.07. The second kappa shape index (κ2) is 7.97. The lowest BCUT2D eigenvalue weighted by atomic mass is 9.91. The molecule has 23 heavy (non-hydrogen) atoms. The Balaban J connectivity index is 2.46. The van der Waals surface area contributed by atoms with E-state index in [1.165, 1.54) is 18.7 Å². The molecule has 2 aromatic rings. The average Bonchev–Trinajstić information content (AvgIpc) is 2.52. The third-order valence-electron chi connectivity index (χ3n) is 3.66. The van der Waals surface area contributed by atoms with Crippen molar-refractivity contribution in [2.75, 3.05) is 0 Å². The first-order chi connectivity index (χ1) is 11.0. The SMILES string of the molecule is CC(=O)SC(c1ccccc1-c1ccccc1)C(C)CC(=O)O. The molecular formula is C19H20O3S. The van der Waals surface area contributed by atoms with Gasteiger partial charge in [-0.15, -0.1) is 0 Å². The highest BCUT2D eigenvalue weighted by atomic mass is 32.2. The molecule has 0 aliphatic heterocycles. The minimum absolute atomic E-state index is 0.00453. The zero-order valence-electron chi connectivity index (χ0n) is 13.2. The molecule has 0 fully saturated rings. The van der Waals surface area contributed by atoms with Crippen LogP contribution in [-0.4, -0.2) is 16.2 Å². The van der Waals surface area contributed by atoms with Crippen molar-refractivity contribution in [2.24, 2.45) is 5.92 Å². The van der Waals surface area contributed by atoms with Crippen molar-refractivity contribution in [3.63, 3.8) is 0 Å². The van der Waals surface area contributed by atoms with E-state index in [1.54, 1.807) is 0 Å². The predicted octanol–water partition coefficient (Wildman–Crippen LogP) is 4.79. The van der Waals surface area contributed by atoms with Crippen LogP contribution >= 0.6 is 11.8 Å². The van der Waals surface area contributed by atoms with Gasteiger partial charge < -0.3 is 5.11 Å². The van der Waals surface area contributed by atoms with Gasteiger partial charge in [-0.25, -0.2) is 0 Å². The van der Waals surface area contributed by atoms with Crippen LogP contribution in [0.2, 0.25) is 0 Å². The molecule has 2 rings (SSSR count). The van der Waals surface area contributed by atoms with E-state index in [9.17, 15) is 9.59 Å². The summed E-state index contributed by atoms with van der Waals surface area (Å²) in [6, 6.07) is 17.9. The van der Waals surface area contributed by atoms with Crippen molar-refractivity contribution in [2.45, 2.75) is 25.5 Å². The topological polar surface area (TPSA) is 54.4 Å². The Bertz CT molecular complexity index is 682. The maximum Gasteiger partial charge on any atom is 0.303 e. The summed E-state index contributed by atoms with van der Waals surface area (Å²) in [5, 5.41) is 8.92. The third-order valence-corrected chi connectivity index (χ3v) is 4.96. The summed E-state index contributed by atoms with van der Waals surface area (Å²) in [4.78, 5) is 22.8. The van der Waals surface area contributed by atoms with Gasteiger partial charge in [0.25, 0.3) is 0 Å². The Morgan fingerprint density at radius 2 is 1.65 bits per heavy atom. The van der Waals surface area contributed by atoms with Crippen molar-refractivity contribution in [1.82, 2.24) is 0 Å². The molecule has 0 aliphatic rings. The molecule has 2 atom stereocenters. The highest BCUT2D eigenvalue weighted by Gasteiger charge is 2.26. The number of rotatable bonds is 6. The molecule has 0 amide bonds. The Morgan fingerprint density at radius 1 is 1.04 bits per heavy atom. The fourth-order valence-corrected chi connectivity index (χ4v) is 3.69. The van der Waals surface area contributed by atoms with Gasteiger partial charge in [0.15, 0.2) is 5.12 Å². The summed E-state index contributed by atoms with van der Waals surface area (Å²) in [5.41, 5.74) is 3.12. The van der Waals surface area contributed by atoms with Crippen LogP contribution in [0.3, 0.4) is 0 Å². The van der Waals surface area contributed by atoms with Crippen LogP contribution in [0.5, 0.6) is 0 Å². The van der Waals surface area contributed by atoms with Gasteiger partial charge in [-0.3, -0.25) is 9.59 Å². The number of hydrogen-bond acceptors (Lipinski definition) is 3. The van der Waals surface area contributed by atoms with Crippen molar-refractivity contribution in [3.05, 3.63) is 60.2 Å². The molecule has 0 saturated carbocycles. The Labute approximate surface area is 140 Å². The summed E-state index contributed by atoms with van der Waals surface area (Å²) >= 11 is 1.21. The van der Waals surface area contributed by atoms with Crippen LogP contribution in [0.25, 0.3) is 11.1 Å². The van der Waals surface area contributed by atoms with E-state index in [2.05, 4.69) is 0 Å². The van der Waals surface area contributed by atoms with Gasteiger partial charge in [0.2, 0.25) is 0 Å². The maximum atomic E-state index is 11.7. The molecule has 4 heteroatoms. The maximum absolute atomic E-state index is 11.7. The van der Waals surface area contributed by atoms with Crippen LogP contribution in [0, 0.1) is 5.92 Å². The number of benzene rings is 2. The minimum Gasteiger partial charge on any atom is -0.481 e. The smallest absolute Gasteiger partial charge is 0.303 e. The summed E-state index contributed by atoms with van der Waals surface area (Å²) in [6.07, 6.45) is 0.0358. The molecule has 0 bridgehead atoms. The molecule has 120 valence electrons. The van der Waals surface area contributed by atoms with E-state index in [4.69, 9.17) is 5.11 Å². The highest BCUT2D eigenvalue weighted by Crippen LogP contribution is 2.42. The van der Waals surface area contributed by atoms with Crippen LogP contribution in [-0.2, 0) is 9.59 Å². The molecule has 2 unspecified atom stereocenters. The van der Waals surface area contributed by atoms with Gasteiger partial charge >= 0.3 is 5.97 Å².